The number of hydrogen-bond donors (Lipinski definition) is 0. The minimum Gasteiger partial charge on any atom is -0.377 e. The van der Waals surface area contributed by atoms with Crippen molar-refractivity contribution in [1.29, 1.82) is 0 Å². The van der Waals surface area contributed by atoms with Gasteiger partial charge in [0.1, 0.15) is 12.4 Å². The summed E-state index contributed by atoms with van der Waals surface area (Å²) in [4.78, 5) is 13.9. The smallest absolute Gasteiger partial charge is 0.377 e. The maximum Gasteiger partial charge on any atom is 0.416 e. The number of carbonyl (C=O) groups excluding carboxylic acids is 1. The Morgan fingerprint density at radius 1 is 1.60 bits per heavy atom. The van der Waals surface area contributed by atoms with Gasteiger partial charge in [-0.3, -0.25) is 4.90 Å². The molecule has 1 aliphatic heterocycles. The Kier molecular flexibility index (Phi) is 2.73. The molecule has 15 heavy (non-hydrogen) atoms. The molecule has 0 aromatic carbocycles. The van der Waals surface area contributed by atoms with E-state index in [0.717, 1.165) is 0 Å². The molecular weight excluding hydrogens is 194 g/mol. The Bertz CT molecular complexity index is 361. The van der Waals surface area contributed by atoms with E-state index in [0.29, 0.717) is 19.8 Å². The second-order valence-electron chi connectivity index (χ2n) is 3.89. The van der Waals surface area contributed by atoms with Crippen molar-refractivity contribution in [2.24, 2.45) is 7.05 Å². The van der Waals surface area contributed by atoms with Crippen molar-refractivity contribution in [3.63, 3.8) is 0 Å². The summed E-state index contributed by atoms with van der Waals surface area (Å²) in [6, 6.07) is 0.172. The maximum absolute atomic E-state index is 12.0. The highest BCUT2D eigenvalue weighted by molar-refractivity contribution is 5.76. The van der Waals surface area contributed by atoms with Gasteiger partial charge < -0.3 is 4.74 Å². The van der Waals surface area contributed by atoms with E-state index in [1.54, 1.807) is 17.1 Å². The number of rotatable bonds is 0. The van der Waals surface area contributed by atoms with Gasteiger partial charge in [-0.25, -0.2) is 9.36 Å². The summed E-state index contributed by atoms with van der Waals surface area (Å²) in [5, 5.41) is 0. The van der Waals surface area contributed by atoms with Crippen LogP contribution in [0.5, 0.6) is 0 Å². The van der Waals surface area contributed by atoms with Gasteiger partial charge in [-0.1, -0.05) is 0 Å². The molecule has 5 heteroatoms. The lowest BCUT2D eigenvalue weighted by atomic mass is 10.3. The van der Waals surface area contributed by atoms with Crippen molar-refractivity contribution >= 4 is 6.03 Å². The van der Waals surface area contributed by atoms with E-state index in [1.807, 2.05) is 29.6 Å². The molecule has 0 aliphatic carbocycles. The molecule has 0 spiro atoms. The van der Waals surface area contributed by atoms with Crippen molar-refractivity contribution in [2.45, 2.75) is 13.0 Å². The van der Waals surface area contributed by atoms with Gasteiger partial charge in [0.25, 0.3) is 6.33 Å². The third-order valence-electron chi connectivity index (χ3n) is 2.60. The number of aromatic nitrogens is 2. The third-order valence-corrected chi connectivity index (χ3v) is 2.60. The highest BCUT2D eigenvalue weighted by Crippen LogP contribution is 2.07. The molecule has 2 heterocycles. The van der Waals surface area contributed by atoms with E-state index in [4.69, 9.17) is 4.74 Å². The molecular formula is C10H16N3O2+. The van der Waals surface area contributed by atoms with E-state index >= 15 is 0 Å². The zero-order chi connectivity index (χ0) is 10.8. The van der Waals surface area contributed by atoms with Crippen LogP contribution in [0.3, 0.4) is 0 Å². The number of imidazole rings is 1. The number of amides is 1. The van der Waals surface area contributed by atoms with Crippen LogP contribution in [0.4, 0.5) is 4.79 Å². The first-order chi connectivity index (χ1) is 7.18. The molecule has 1 aliphatic rings. The molecule has 0 radical (unpaired) electrons. The van der Waals surface area contributed by atoms with Crippen molar-refractivity contribution in [3.05, 3.63) is 18.7 Å². The Morgan fingerprint density at radius 3 is 3.00 bits per heavy atom. The van der Waals surface area contributed by atoms with Crippen LogP contribution in [-0.4, -0.2) is 41.3 Å². The Labute approximate surface area is 88.9 Å². The standard InChI is InChI=1S/C10H16N3O2/c1-9-7-15-6-5-13(9)10(14)12-4-3-11(2)8-12/h3-4,8-9H,5-7H2,1-2H3/q+1. The fourth-order valence-electron chi connectivity index (χ4n) is 1.72. The zero-order valence-corrected chi connectivity index (χ0v) is 9.09. The quantitative estimate of drug-likeness (QED) is 0.565. The molecule has 1 saturated heterocycles. The van der Waals surface area contributed by atoms with Gasteiger partial charge in [-0.2, -0.15) is 4.57 Å². The second-order valence-corrected chi connectivity index (χ2v) is 3.89. The van der Waals surface area contributed by atoms with Crippen LogP contribution in [-0.2, 0) is 11.8 Å². The fourth-order valence-corrected chi connectivity index (χ4v) is 1.72. The Morgan fingerprint density at radius 2 is 2.40 bits per heavy atom. The van der Waals surface area contributed by atoms with E-state index in [1.165, 1.54) is 0 Å². The van der Waals surface area contributed by atoms with Crippen molar-refractivity contribution in [1.82, 2.24) is 9.47 Å². The van der Waals surface area contributed by atoms with Crippen LogP contribution < -0.4 is 4.57 Å². The van der Waals surface area contributed by atoms with Crippen LogP contribution >= 0.6 is 0 Å². The van der Waals surface area contributed by atoms with Gasteiger partial charge in [0.05, 0.1) is 26.3 Å². The summed E-state index contributed by atoms with van der Waals surface area (Å²) in [6.45, 7) is 3.92. The summed E-state index contributed by atoms with van der Waals surface area (Å²) in [6.07, 6.45) is 5.39. The molecule has 0 bridgehead atoms. The third kappa shape index (κ3) is 2.02. The maximum atomic E-state index is 12.0. The molecule has 1 unspecified atom stereocenters. The molecule has 0 N–H and O–H groups in total. The normalized spacial score (nSPS) is 21.7. The molecule has 5 nitrogen and oxygen atoms in total. The average Bonchev–Trinajstić information content (AvgIpc) is 2.65. The number of ether oxygens (including phenoxy) is 1. The van der Waals surface area contributed by atoms with Crippen LogP contribution in [0.1, 0.15) is 6.92 Å². The van der Waals surface area contributed by atoms with Gasteiger partial charge >= 0.3 is 6.03 Å². The summed E-state index contributed by atoms with van der Waals surface area (Å²) in [5.41, 5.74) is 0. The lowest BCUT2D eigenvalue weighted by Crippen LogP contribution is -2.48. The Hall–Kier alpha value is -1.36. The lowest BCUT2D eigenvalue weighted by molar-refractivity contribution is -0.670. The fraction of sp³-hybridized carbons (Fsp3) is 0.600. The first-order valence-electron chi connectivity index (χ1n) is 5.10. The van der Waals surface area contributed by atoms with E-state index in [-0.39, 0.29) is 12.1 Å². The highest BCUT2D eigenvalue weighted by Gasteiger charge is 2.27. The molecule has 1 amide bonds. The van der Waals surface area contributed by atoms with E-state index < -0.39 is 0 Å². The van der Waals surface area contributed by atoms with Gasteiger partial charge in [-0.15, -0.1) is 0 Å². The molecule has 1 atom stereocenters. The highest BCUT2D eigenvalue weighted by atomic mass is 16.5. The minimum absolute atomic E-state index is 0.0198. The number of nitrogens with zero attached hydrogens (tertiary/aromatic N) is 3. The van der Waals surface area contributed by atoms with Crippen LogP contribution in [0, 0.1) is 0 Å². The number of carbonyl (C=O) groups is 1. The molecule has 2 rings (SSSR count). The largest absolute Gasteiger partial charge is 0.416 e. The summed E-state index contributed by atoms with van der Waals surface area (Å²) < 4.78 is 8.74. The molecule has 82 valence electrons. The number of hydrogen-bond acceptors (Lipinski definition) is 2. The van der Waals surface area contributed by atoms with Gasteiger partial charge in [0, 0.05) is 6.54 Å². The minimum atomic E-state index is 0.0198. The van der Waals surface area contributed by atoms with E-state index in [2.05, 4.69) is 0 Å². The molecule has 1 fully saturated rings. The number of aryl methyl sites for hydroxylation is 1. The Balaban J connectivity index is 2.13. The van der Waals surface area contributed by atoms with Crippen molar-refractivity contribution in [3.8, 4) is 0 Å². The lowest BCUT2D eigenvalue weighted by Gasteiger charge is -2.31. The van der Waals surface area contributed by atoms with Crippen LogP contribution in [0.2, 0.25) is 0 Å². The summed E-state index contributed by atoms with van der Waals surface area (Å²) in [5.74, 6) is 0. The predicted octanol–water partition coefficient (Wildman–Crippen LogP) is 0.00140. The SMILES string of the molecule is CC1COCCN1C(=O)n1cc[n+](C)c1. The molecule has 1 aromatic heterocycles. The van der Waals surface area contributed by atoms with Gasteiger partial charge in [0.2, 0.25) is 0 Å². The van der Waals surface area contributed by atoms with Gasteiger partial charge in [0.15, 0.2) is 0 Å². The monoisotopic (exact) mass is 210 g/mol. The van der Waals surface area contributed by atoms with Gasteiger partial charge in [-0.05, 0) is 6.92 Å². The number of morpholine rings is 1. The molecule has 1 aromatic rings. The zero-order valence-electron chi connectivity index (χ0n) is 9.09. The predicted molar refractivity (Wildman–Crippen MR) is 53.4 cm³/mol. The second kappa shape index (κ2) is 4.02. The average molecular weight is 210 g/mol. The van der Waals surface area contributed by atoms with Crippen LogP contribution in [0.25, 0.3) is 0 Å². The van der Waals surface area contributed by atoms with Crippen molar-refractivity contribution in [2.75, 3.05) is 19.8 Å². The van der Waals surface area contributed by atoms with E-state index in [9.17, 15) is 4.79 Å². The first-order valence-corrected chi connectivity index (χ1v) is 5.10. The van der Waals surface area contributed by atoms with Crippen molar-refractivity contribution < 1.29 is 14.1 Å². The first kappa shape index (κ1) is 10.2. The summed E-state index contributed by atoms with van der Waals surface area (Å²) >= 11 is 0. The van der Waals surface area contributed by atoms with Crippen LogP contribution in [0.15, 0.2) is 18.7 Å². The summed E-state index contributed by atoms with van der Waals surface area (Å²) in [7, 11) is 1.90. The topological polar surface area (TPSA) is 38.4 Å². The molecule has 0 saturated carbocycles.